The number of hydrogen-bond acceptors (Lipinski definition) is 7. The standard InChI is InChI=1S/C17H20ClN7/c1-3-20-15-8-12(2)22-17(23-15)25-6-4-24(5-7-25)16-14(18)9-13(10-19)11-21-16/h8-9,11H,3-7H2,1-2H3,(H,20,22,23). The lowest BCUT2D eigenvalue weighted by atomic mass is 10.2. The summed E-state index contributed by atoms with van der Waals surface area (Å²) in [7, 11) is 0. The monoisotopic (exact) mass is 357 g/mol. The van der Waals surface area contributed by atoms with E-state index in [9.17, 15) is 0 Å². The zero-order valence-electron chi connectivity index (χ0n) is 14.3. The Hall–Kier alpha value is -2.59. The molecule has 0 bridgehead atoms. The average molecular weight is 358 g/mol. The van der Waals surface area contributed by atoms with Crippen LogP contribution < -0.4 is 15.1 Å². The van der Waals surface area contributed by atoms with Crippen LogP contribution in [0.1, 0.15) is 18.2 Å². The van der Waals surface area contributed by atoms with Crippen LogP contribution in [0.25, 0.3) is 0 Å². The highest BCUT2D eigenvalue weighted by Crippen LogP contribution is 2.25. The van der Waals surface area contributed by atoms with Crippen LogP contribution in [0.5, 0.6) is 0 Å². The summed E-state index contributed by atoms with van der Waals surface area (Å²) in [4.78, 5) is 17.8. The second-order valence-corrected chi connectivity index (χ2v) is 6.25. The number of aryl methyl sites for hydroxylation is 1. The molecule has 0 saturated carbocycles. The highest BCUT2D eigenvalue weighted by atomic mass is 35.5. The van der Waals surface area contributed by atoms with Crippen LogP contribution >= 0.6 is 11.6 Å². The zero-order valence-corrected chi connectivity index (χ0v) is 15.1. The van der Waals surface area contributed by atoms with E-state index in [-0.39, 0.29) is 0 Å². The van der Waals surface area contributed by atoms with E-state index < -0.39 is 0 Å². The van der Waals surface area contributed by atoms with Gasteiger partial charge in [-0.15, -0.1) is 0 Å². The van der Waals surface area contributed by atoms with Gasteiger partial charge in [-0.3, -0.25) is 0 Å². The molecule has 0 atom stereocenters. The fourth-order valence-corrected chi connectivity index (χ4v) is 3.09. The zero-order chi connectivity index (χ0) is 17.8. The van der Waals surface area contributed by atoms with Crippen LogP contribution in [-0.4, -0.2) is 47.7 Å². The lowest BCUT2D eigenvalue weighted by Crippen LogP contribution is -2.47. The number of anilines is 3. The first-order valence-electron chi connectivity index (χ1n) is 8.25. The van der Waals surface area contributed by atoms with Crippen LogP contribution in [-0.2, 0) is 0 Å². The number of rotatable bonds is 4. The average Bonchev–Trinajstić information content (AvgIpc) is 2.61. The van der Waals surface area contributed by atoms with E-state index >= 15 is 0 Å². The predicted molar refractivity (Wildman–Crippen MR) is 99.3 cm³/mol. The maximum Gasteiger partial charge on any atom is 0.227 e. The predicted octanol–water partition coefficient (Wildman–Crippen LogP) is 2.46. The maximum atomic E-state index is 8.92. The van der Waals surface area contributed by atoms with Gasteiger partial charge in [-0.1, -0.05) is 11.6 Å². The van der Waals surface area contributed by atoms with Crippen LogP contribution in [0.3, 0.4) is 0 Å². The number of piperazine rings is 1. The fourth-order valence-electron chi connectivity index (χ4n) is 2.81. The van der Waals surface area contributed by atoms with Gasteiger partial charge >= 0.3 is 0 Å². The van der Waals surface area contributed by atoms with Gasteiger partial charge in [-0.2, -0.15) is 10.2 Å². The minimum Gasteiger partial charge on any atom is -0.370 e. The third-order valence-electron chi connectivity index (χ3n) is 4.01. The van der Waals surface area contributed by atoms with Crippen molar-refractivity contribution in [3.05, 3.63) is 34.6 Å². The lowest BCUT2D eigenvalue weighted by molar-refractivity contribution is 0.634. The fraction of sp³-hybridized carbons (Fsp3) is 0.412. The Labute approximate surface area is 152 Å². The highest BCUT2D eigenvalue weighted by Gasteiger charge is 2.22. The Bertz CT molecular complexity index is 794. The molecule has 1 fully saturated rings. The van der Waals surface area contributed by atoms with Gasteiger partial charge < -0.3 is 15.1 Å². The summed E-state index contributed by atoms with van der Waals surface area (Å²) in [5.41, 5.74) is 1.41. The molecule has 3 heterocycles. The summed E-state index contributed by atoms with van der Waals surface area (Å²) < 4.78 is 0. The van der Waals surface area contributed by atoms with Crippen molar-refractivity contribution in [3.63, 3.8) is 0 Å². The number of nitrogens with one attached hydrogen (secondary N) is 1. The van der Waals surface area contributed by atoms with E-state index in [0.717, 1.165) is 56.0 Å². The normalized spacial score (nSPS) is 14.3. The molecular formula is C17H20ClN7. The third-order valence-corrected chi connectivity index (χ3v) is 4.29. The molecule has 2 aromatic rings. The number of nitriles is 1. The van der Waals surface area contributed by atoms with Gasteiger partial charge in [0.25, 0.3) is 0 Å². The van der Waals surface area contributed by atoms with Gasteiger partial charge in [-0.25, -0.2) is 9.97 Å². The van der Waals surface area contributed by atoms with Crippen molar-refractivity contribution in [3.8, 4) is 6.07 Å². The molecular weight excluding hydrogens is 338 g/mol. The van der Waals surface area contributed by atoms with Crippen molar-refractivity contribution in [2.24, 2.45) is 0 Å². The SMILES string of the molecule is CCNc1cc(C)nc(N2CCN(c3ncc(C#N)cc3Cl)CC2)n1. The van der Waals surface area contributed by atoms with Gasteiger partial charge in [0.15, 0.2) is 0 Å². The minimum atomic E-state index is 0.469. The summed E-state index contributed by atoms with van der Waals surface area (Å²) >= 11 is 6.27. The van der Waals surface area contributed by atoms with Crippen molar-refractivity contribution in [2.75, 3.05) is 47.8 Å². The molecule has 1 aliphatic heterocycles. The minimum absolute atomic E-state index is 0.469. The molecule has 0 radical (unpaired) electrons. The first-order chi connectivity index (χ1) is 12.1. The van der Waals surface area contributed by atoms with Crippen molar-refractivity contribution in [1.82, 2.24) is 15.0 Å². The Kier molecular flexibility index (Phi) is 5.19. The summed E-state index contributed by atoms with van der Waals surface area (Å²) in [6, 6.07) is 5.65. The molecule has 8 heteroatoms. The Balaban J connectivity index is 1.71. The van der Waals surface area contributed by atoms with Crippen LogP contribution in [0.15, 0.2) is 18.3 Å². The summed E-state index contributed by atoms with van der Waals surface area (Å²) in [6.45, 7) is 7.96. The molecule has 0 aromatic carbocycles. The summed E-state index contributed by atoms with van der Waals surface area (Å²) in [5.74, 6) is 2.32. The van der Waals surface area contributed by atoms with Crippen LogP contribution in [0.2, 0.25) is 5.02 Å². The molecule has 3 rings (SSSR count). The lowest BCUT2D eigenvalue weighted by Gasteiger charge is -2.35. The van der Waals surface area contributed by atoms with Crippen LogP contribution in [0, 0.1) is 18.3 Å². The number of hydrogen-bond donors (Lipinski definition) is 1. The van der Waals surface area contributed by atoms with Gasteiger partial charge in [0.1, 0.15) is 17.7 Å². The number of pyridine rings is 1. The topological polar surface area (TPSA) is 81.0 Å². The van der Waals surface area contributed by atoms with Crippen LogP contribution in [0.4, 0.5) is 17.6 Å². The van der Waals surface area contributed by atoms with E-state index in [0.29, 0.717) is 10.6 Å². The first kappa shape index (κ1) is 17.2. The van der Waals surface area contributed by atoms with E-state index in [4.69, 9.17) is 16.9 Å². The maximum absolute atomic E-state index is 8.92. The molecule has 0 spiro atoms. The molecule has 25 heavy (non-hydrogen) atoms. The largest absolute Gasteiger partial charge is 0.370 e. The molecule has 1 saturated heterocycles. The van der Waals surface area contributed by atoms with Gasteiger partial charge in [0, 0.05) is 50.7 Å². The molecule has 2 aromatic heterocycles. The van der Waals surface area contributed by atoms with Gasteiger partial charge in [0.05, 0.1) is 10.6 Å². The highest BCUT2D eigenvalue weighted by molar-refractivity contribution is 6.33. The van der Waals surface area contributed by atoms with Gasteiger partial charge in [0.2, 0.25) is 5.95 Å². The number of aromatic nitrogens is 3. The van der Waals surface area contributed by atoms with E-state index in [1.807, 2.05) is 19.9 Å². The first-order valence-corrected chi connectivity index (χ1v) is 8.63. The van der Waals surface area contributed by atoms with Crippen molar-refractivity contribution < 1.29 is 0 Å². The number of nitrogens with zero attached hydrogens (tertiary/aromatic N) is 6. The molecule has 130 valence electrons. The Morgan fingerprint density at radius 1 is 1.20 bits per heavy atom. The molecule has 7 nitrogen and oxygen atoms in total. The Morgan fingerprint density at radius 2 is 1.92 bits per heavy atom. The third kappa shape index (κ3) is 3.91. The van der Waals surface area contributed by atoms with E-state index in [1.165, 1.54) is 0 Å². The van der Waals surface area contributed by atoms with Gasteiger partial charge in [-0.05, 0) is 19.9 Å². The summed E-state index contributed by atoms with van der Waals surface area (Å²) in [6.07, 6.45) is 1.56. The molecule has 1 aliphatic rings. The summed E-state index contributed by atoms with van der Waals surface area (Å²) in [5, 5.41) is 12.7. The Morgan fingerprint density at radius 3 is 2.56 bits per heavy atom. The van der Waals surface area contributed by atoms with E-state index in [2.05, 4.69) is 36.1 Å². The second-order valence-electron chi connectivity index (χ2n) is 5.84. The molecule has 1 N–H and O–H groups in total. The van der Waals surface area contributed by atoms with Crippen molar-refractivity contribution in [1.29, 1.82) is 5.26 Å². The van der Waals surface area contributed by atoms with Crippen molar-refractivity contribution in [2.45, 2.75) is 13.8 Å². The number of halogens is 1. The quantitative estimate of drug-likeness (QED) is 0.900. The van der Waals surface area contributed by atoms with Crippen molar-refractivity contribution >= 4 is 29.2 Å². The second kappa shape index (κ2) is 7.53. The molecule has 0 amide bonds. The molecule has 0 aliphatic carbocycles. The smallest absolute Gasteiger partial charge is 0.227 e. The molecule has 0 unspecified atom stereocenters. The van der Waals surface area contributed by atoms with E-state index in [1.54, 1.807) is 12.3 Å².